The predicted octanol–water partition coefficient (Wildman–Crippen LogP) is 4.67. The normalized spacial score (nSPS) is 13.5. The van der Waals surface area contributed by atoms with Gasteiger partial charge in [-0.25, -0.2) is 0 Å². The number of thioether (sulfide) groups is 1. The molecule has 1 amide bonds. The van der Waals surface area contributed by atoms with Crippen LogP contribution >= 0.6 is 11.8 Å². The van der Waals surface area contributed by atoms with Gasteiger partial charge in [0.25, 0.3) is 17.3 Å². The number of nitro benzene ring substituents is 2. The zero-order chi connectivity index (χ0) is 25.1. The predicted molar refractivity (Wildman–Crippen MR) is 129 cm³/mol. The van der Waals surface area contributed by atoms with Gasteiger partial charge in [-0.05, 0) is 30.3 Å². The monoisotopic (exact) mass is 489 g/mol. The van der Waals surface area contributed by atoms with Gasteiger partial charge in [-0.2, -0.15) is 0 Å². The SMILES string of the molecule is O=C1Nc2ccccc2/C1=C(/SCC(=O)c1ccc([N+](=O)[O-])cc1)C(=O)c1ccc([N+](=O)[O-])cc1. The minimum absolute atomic E-state index is 0.0107. The molecule has 0 unspecified atom stereocenters. The molecular formula is C24H15N3O7S. The Hall–Kier alpha value is -4.64. The zero-order valence-electron chi connectivity index (χ0n) is 17.8. The van der Waals surface area contributed by atoms with Crippen LogP contribution < -0.4 is 5.32 Å². The number of fused-ring (bicyclic) bond motifs is 1. The minimum atomic E-state index is -0.591. The summed E-state index contributed by atoms with van der Waals surface area (Å²) in [7, 11) is 0. The Morgan fingerprint density at radius 1 is 0.800 bits per heavy atom. The number of anilines is 1. The maximum Gasteiger partial charge on any atom is 0.269 e. The van der Waals surface area contributed by atoms with Crippen molar-refractivity contribution < 1.29 is 24.2 Å². The summed E-state index contributed by atoms with van der Waals surface area (Å²) in [5.74, 6) is -1.69. The Morgan fingerprint density at radius 2 is 1.34 bits per heavy atom. The van der Waals surface area contributed by atoms with E-state index in [1.165, 1.54) is 48.5 Å². The highest BCUT2D eigenvalue weighted by atomic mass is 32.2. The zero-order valence-corrected chi connectivity index (χ0v) is 18.6. The number of carbonyl (C=O) groups excluding carboxylic acids is 3. The average Bonchev–Trinajstić information content (AvgIpc) is 3.19. The van der Waals surface area contributed by atoms with Crippen molar-refractivity contribution in [1.82, 2.24) is 0 Å². The lowest BCUT2D eigenvalue weighted by molar-refractivity contribution is -0.385. The number of allylic oxidation sites excluding steroid dienone is 1. The van der Waals surface area contributed by atoms with E-state index in [9.17, 15) is 34.6 Å². The molecule has 1 heterocycles. The molecule has 1 N–H and O–H groups in total. The third-order valence-electron chi connectivity index (χ3n) is 5.19. The Morgan fingerprint density at radius 3 is 1.91 bits per heavy atom. The molecule has 11 heteroatoms. The Kier molecular flexibility index (Phi) is 6.51. The molecule has 0 fully saturated rings. The third kappa shape index (κ3) is 4.84. The van der Waals surface area contributed by atoms with E-state index in [0.29, 0.717) is 11.3 Å². The summed E-state index contributed by atoms with van der Waals surface area (Å²) in [5.41, 5.74) is 1.09. The number of hydrogen-bond acceptors (Lipinski definition) is 8. The number of ketones is 2. The largest absolute Gasteiger partial charge is 0.321 e. The van der Waals surface area contributed by atoms with Crippen LogP contribution in [0.25, 0.3) is 5.57 Å². The second kappa shape index (κ2) is 9.69. The molecule has 0 atom stereocenters. The summed E-state index contributed by atoms with van der Waals surface area (Å²) in [6.07, 6.45) is 0. The van der Waals surface area contributed by atoms with Crippen molar-refractivity contribution in [3.8, 4) is 0 Å². The number of nitrogens with zero attached hydrogens (tertiary/aromatic N) is 2. The number of nitro groups is 2. The van der Waals surface area contributed by atoms with Crippen molar-refractivity contribution in [3.05, 3.63) is 115 Å². The van der Waals surface area contributed by atoms with Crippen LogP contribution in [0.15, 0.2) is 77.7 Å². The first-order valence-corrected chi connectivity index (χ1v) is 11.1. The van der Waals surface area contributed by atoms with E-state index in [1.807, 2.05) is 0 Å². The molecule has 3 aromatic rings. The number of non-ortho nitro benzene ring substituents is 2. The Labute approximate surface area is 202 Å². The molecule has 1 aliphatic rings. The molecule has 3 aromatic carbocycles. The van der Waals surface area contributed by atoms with Gasteiger partial charge in [0.05, 0.1) is 26.1 Å². The van der Waals surface area contributed by atoms with Crippen molar-refractivity contribution in [1.29, 1.82) is 0 Å². The molecule has 0 spiro atoms. The van der Waals surface area contributed by atoms with E-state index in [2.05, 4.69) is 5.32 Å². The van der Waals surface area contributed by atoms with E-state index >= 15 is 0 Å². The Balaban J connectivity index is 1.69. The molecule has 1 aliphatic heterocycles. The topological polar surface area (TPSA) is 150 Å². The van der Waals surface area contributed by atoms with Crippen LogP contribution in [-0.2, 0) is 4.79 Å². The van der Waals surface area contributed by atoms with Crippen LogP contribution in [0.4, 0.5) is 17.1 Å². The number of hydrogen-bond donors (Lipinski definition) is 1. The first kappa shape index (κ1) is 23.5. The third-order valence-corrected chi connectivity index (χ3v) is 6.28. The summed E-state index contributed by atoms with van der Waals surface area (Å²) < 4.78 is 0. The standard InChI is InChI=1S/C24H15N3O7S/c28-20(14-5-9-16(10-6-14)26(31)32)13-35-23(21-18-3-1-2-4-19(18)25-24(21)30)22(29)15-7-11-17(12-8-15)27(33)34/h1-12H,13H2,(H,25,30)/b23-21-. The van der Waals surface area contributed by atoms with Crippen molar-refractivity contribution in [3.63, 3.8) is 0 Å². The molecule has 4 rings (SSSR count). The van der Waals surface area contributed by atoms with Crippen LogP contribution in [0.5, 0.6) is 0 Å². The highest BCUT2D eigenvalue weighted by Crippen LogP contribution is 2.38. The maximum absolute atomic E-state index is 13.4. The summed E-state index contributed by atoms with van der Waals surface area (Å²) in [6.45, 7) is 0. The van der Waals surface area contributed by atoms with E-state index in [-0.39, 0.29) is 38.7 Å². The summed E-state index contributed by atoms with van der Waals surface area (Å²) in [6, 6.07) is 16.8. The van der Waals surface area contributed by atoms with E-state index in [4.69, 9.17) is 0 Å². The minimum Gasteiger partial charge on any atom is -0.321 e. The van der Waals surface area contributed by atoms with Gasteiger partial charge in [-0.3, -0.25) is 34.6 Å². The molecule has 0 radical (unpaired) electrons. The van der Waals surface area contributed by atoms with Crippen molar-refractivity contribution >= 4 is 51.9 Å². The van der Waals surface area contributed by atoms with Crippen molar-refractivity contribution in [2.24, 2.45) is 0 Å². The van der Waals surface area contributed by atoms with Gasteiger partial charge in [0.15, 0.2) is 11.6 Å². The maximum atomic E-state index is 13.4. The molecule has 35 heavy (non-hydrogen) atoms. The fourth-order valence-electron chi connectivity index (χ4n) is 3.45. The quantitative estimate of drug-likeness (QED) is 0.208. The van der Waals surface area contributed by atoms with Gasteiger partial charge in [-0.15, -0.1) is 11.8 Å². The van der Waals surface area contributed by atoms with Gasteiger partial charge in [0, 0.05) is 46.6 Å². The number of Topliss-reactive ketones (excluding diaryl/α,β-unsaturated/α-hetero) is 2. The fraction of sp³-hybridized carbons (Fsp3) is 0.0417. The lowest BCUT2D eigenvalue weighted by Crippen LogP contribution is -2.12. The van der Waals surface area contributed by atoms with Crippen molar-refractivity contribution in [2.75, 3.05) is 11.1 Å². The fourth-order valence-corrected chi connectivity index (χ4v) is 4.49. The van der Waals surface area contributed by atoms with E-state index in [1.54, 1.807) is 24.3 Å². The van der Waals surface area contributed by atoms with Crippen LogP contribution in [-0.4, -0.2) is 33.1 Å². The number of para-hydroxylation sites is 1. The second-order valence-electron chi connectivity index (χ2n) is 7.35. The van der Waals surface area contributed by atoms with Crippen LogP contribution in [0.3, 0.4) is 0 Å². The number of rotatable bonds is 8. The Bertz CT molecular complexity index is 1410. The van der Waals surface area contributed by atoms with Gasteiger partial charge < -0.3 is 5.32 Å². The summed E-state index contributed by atoms with van der Waals surface area (Å²) >= 11 is 0.865. The van der Waals surface area contributed by atoms with Crippen LogP contribution in [0, 0.1) is 20.2 Å². The second-order valence-corrected chi connectivity index (χ2v) is 8.34. The van der Waals surface area contributed by atoms with Crippen LogP contribution in [0.2, 0.25) is 0 Å². The summed E-state index contributed by atoms with van der Waals surface area (Å²) in [4.78, 5) is 59.6. The molecule has 0 bridgehead atoms. The number of amides is 1. The number of nitrogens with one attached hydrogen (secondary N) is 1. The average molecular weight is 489 g/mol. The van der Waals surface area contributed by atoms with Crippen molar-refractivity contribution in [2.45, 2.75) is 0 Å². The molecule has 0 saturated carbocycles. The lowest BCUT2D eigenvalue weighted by Gasteiger charge is -2.10. The van der Waals surface area contributed by atoms with E-state index < -0.39 is 27.3 Å². The first-order chi connectivity index (χ1) is 16.8. The van der Waals surface area contributed by atoms with Gasteiger partial charge in [0.1, 0.15) is 0 Å². The molecule has 174 valence electrons. The molecule has 0 saturated heterocycles. The summed E-state index contributed by atoms with van der Waals surface area (Å²) in [5, 5.41) is 24.5. The smallest absolute Gasteiger partial charge is 0.269 e. The van der Waals surface area contributed by atoms with Gasteiger partial charge in [-0.1, -0.05) is 18.2 Å². The number of benzene rings is 3. The first-order valence-electron chi connectivity index (χ1n) is 10.1. The molecule has 0 aliphatic carbocycles. The lowest BCUT2D eigenvalue weighted by atomic mass is 10.0. The highest BCUT2D eigenvalue weighted by molar-refractivity contribution is 8.04. The highest BCUT2D eigenvalue weighted by Gasteiger charge is 2.31. The van der Waals surface area contributed by atoms with Gasteiger partial charge >= 0.3 is 0 Å². The molecule has 10 nitrogen and oxygen atoms in total. The van der Waals surface area contributed by atoms with E-state index in [0.717, 1.165) is 11.8 Å². The number of carbonyl (C=O) groups is 3. The van der Waals surface area contributed by atoms with Gasteiger partial charge in [0.2, 0.25) is 0 Å². The molecular weight excluding hydrogens is 474 g/mol. The molecule has 0 aromatic heterocycles. The van der Waals surface area contributed by atoms with Crippen LogP contribution in [0.1, 0.15) is 26.3 Å².